The molecule has 0 saturated carbocycles. The molecule has 1 N–H and O–H groups in total. The van der Waals surface area contributed by atoms with E-state index in [2.05, 4.69) is 5.32 Å². The molecule has 0 aromatic heterocycles. The average molecular weight is 520 g/mol. The van der Waals surface area contributed by atoms with Gasteiger partial charge < -0.3 is 15.1 Å². The van der Waals surface area contributed by atoms with Crippen LogP contribution in [-0.2, 0) is 16.1 Å². The highest BCUT2D eigenvalue weighted by molar-refractivity contribution is 6.30. The van der Waals surface area contributed by atoms with Gasteiger partial charge in [-0.2, -0.15) is 0 Å². The average Bonchev–Trinajstić information content (AvgIpc) is 3.17. The molecule has 3 aromatic rings. The molecule has 0 radical (unpaired) electrons. The molecule has 1 aliphatic rings. The SMILES string of the molecule is CCC(C)NC(=O)C(CC)N(Cc1ccc(Cl)cc1)C(=O)CCCN1C(=O)c2cccc3cccc1c23. The van der Waals surface area contributed by atoms with Crippen molar-refractivity contribution in [2.45, 2.75) is 65.1 Å². The Hall–Kier alpha value is -3.38. The van der Waals surface area contributed by atoms with Crippen LogP contribution in [0.2, 0.25) is 5.02 Å². The van der Waals surface area contributed by atoms with Crippen LogP contribution in [0.1, 0.15) is 62.4 Å². The summed E-state index contributed by atoms with van der Waals surface area (Å²) in [6.45, 7) is 6.64. The van der Waals surface area contributed by atoms with Gasteiger partial charge in [0.25, 0.3) is 5.91 Å². The third-order valence-corrected chi connectivity index (χ3v) is 7.33. The van der Waals surface area contributed by atoms with E-state index in [4.69, 9.17) is 11.6 Å². The summed E-state index contributed by atoms with van der Waals surface area (Å²) in [6, 6.07) is 18.5. The molecule has 37 heavy (non-hydrogen) atoms. The lowest BCUT2D eigenvalue weighted by Crippen LogP contribution is -2.50. The van der Waals surface area contributed by atoms with Crippen LogP contribution in [0.25, 0.3) is 10.8 Å². The molecule has 4 rings (SSSR count). The molecule has 0 fully saturated rings. The fraction of sp³-hybridized carbons (Fsp3) is 0.367. The van der Waals surface area contributed by atoms with Crippen molar-refractivity contribution < 1.29 is 14.4 Å². The summed E-state index contributed by atoms with van der Waals surface area (Å²) in [5.41, 5.74) is 2.50. The fourth-order valence-electron chi connectivity index (χ4n) is 4.88. The molecule has 1 aliphatic heterocycles. The number of nitrogens with one attached hydrogen (secondary N) is 1. The zero-order valence-electron chi connectivity index (χ0n) is 21.7. The number of rotatable bonds is 11. The minimum atomic E-state index is -0.580. The van der Waals surface area contributed by atoms with Gasteiger partial charge in [0.2, 0.25) is 11.8 Å². The summed E-state index contributed by atoms with van der Waals surface area (Å²) in [4.78, 5) is 43.2. The Balaban J connectivity index is 1.48. The highest BCUT2D eigenvalue weighted by atomic mass is 35.5. The van der Waals surface area contributed by atoms with Gasteiger partial charge in [-0.25, -0.2) is 0 Å². The van der Waals surface area contributed by atoms with Crippen LogP contribution >= 0.6 is 11.6 Å². The monoisotopic (exact) mass is 519 g/mol. The van der Waals surface area contributed by atoms with Crippen molar-refractivity contribution in [3.63, 3.8) is 0 Å². The standard InChI is InChI=1S/C30H34ClN3O3/c1-4-20(3)32-29(36)25(5-2)34(19-21-14-16-23(31)17-15-21)27(35)13-8-18-33-26-12-7-10-22-9-6-11-24(28(22)26)30(33)37/h6-7,9-12,14-17,20,25H,4-5,8,13,18-19H2,1-3H3,(H,32,36). The molecule has 0 saturated heterocycles. The van der Waals surface area contributed by atoms with E-state index in [9.17, 15) is 14.4 Å². The highest BCUT2D eigenvalue weighted by Gasteiger charge is 2.31. The first-order valence-corrected chi connectivity index (χ1v) is 13.4. The number of benzene rings is 3. The topological polar surface area (TPSA) is 69.7 Å². The van der Waals surface area contributed by atoms with E-state index in [1.807, 2.05) is 69.3 Å². The predicted octanol–water partition coefficient (Wildman–Crippen LogP) is 5.96. The van der Waals surface area contributed by atoms with E-state index in [0.29, 0.717) is 36.5 Å². The molecule has 2 unspecified atom stereocenters. The summed E-state index contributed by atoms with van der Waals surface area (Å²) in [6.07, 6.45) is 2.04. The van der Waals surface area contributed by atoms with E-state index in [1.54, 1.807) is 21.9 Å². The Morgan fingerprint density at radius 3 is 2.38 bits per heavy atom. The quantitative estimate of drug-likeness (QED) is 0.340. The first-order valence-electron chi connectivity index (χ1n) is 13.0. The third kappa shape index (κ3) is 5.80. The zero-order chi connectivity index (χ0) is 26.5. The van der Waals surface area contributed by atoms with E-state index in [-0.39, 0.29) is 30.2 Å². The third-order valence-electron chi connectivity index (χ3n) is 7.07. The molecule has 3 amide bonds. The van der Waals surface area contributed by atoms with Crippen LogP contribution in [0.5, 0.6) is 0 Å². The van der Waals surface area contributed by atoms with Crippen LogP contribution in [0.15, 0.2) is 60.7 Å². The Morgan fingerprint density at radius 1 is 1.00 bits per heavy atom. The number of carbonyl (C=O) groups is 3. The van der Waals surface area contributed by atoms with E-state index in [1.165, 1.54) is 0 Å². The van der Waals surface area contributed by atoms with Crippen molar-refractivity contribution in [1.82, 2.24) is 10.2 Å². The Bertz CT molecular complexity index is 1290. The number of hydrogen-bond acceptors (Lipinski definition) is 3. The minimum absolute atomic E-state index is 0.0274. The van der Waals surface area contributed by atoms with Crippen molar-refractivity contribution in [3.8, 4) is 0 Å². The maximum atomic E-state index is 13.6. The van der Waals surface area contributed by atoms with Gasteiger partial charge in [0.1, 0.15) is 6.04 Å². The number of halogens is 1. The van der Waals surface area contributed by atoms with Gasteiger partial charge in [0.05, 0.1) is 5.69 Å². The van der Waals surface area contributed by atoms with Crippen LogP contribution in [0.4, 0.5) is 5.69 Å². The molecule has 6 nitrogen and oxygen atoms in total. The van der Waals surface area contributed by atoms with Crippen molar-refractivity contribution in [2.75, 3.05) is 11.4 Å². The Kier molecular flexibility index (Phi) is 8.49. The smallest absolute Gasteiger partial charge is 0.258 e. The summed E-state index contributed by atoms with van der Waals surface area (Å²) in [5.74, 6) is -0.281. The Morgan fingerprint density at radius 2 is 1.70 bits per heavy atom. The summed E-state index contributed by atoms with van der Waals surface area (Å²) in [7, 11) is 0. The van der Waals surface area contributed by atoms with E-state index < -0.39 is 6.04 Å². The molecule has 0 spiro atoms. The summed E-state index contributed by atoms with van der Waals surface area (Å²) in [5, 5.41) is 5.66. The van der Waals surface area contributed by atoms with Gasteiger partial charge in [-0.3, -0.25) is 14.4 Å². The van der Waals surface area contributed by atoms with Crippen LogP contribution < -0.4 is 10.2 Å². The van der Waals surface area contributed by atoms with Crippen molar-refractivity contribution in [1.29, 1.82) is 0 Å². The highest BCUT2D eigenvalue weighted by Crippen LogP contribution is 2.37. The van der Waals surface area contributed by atoms with Crippen LogP contribution in [0, 0.1) is 0 Å². The fourth-order valence-corrected chi connectivity index (χ4v) is 5.01. The number of carbonyl (C=O) groups excluding carboxylic acids is 3. The maximum Gasteiger partial charge on any atom is 0.258 e. The van der Waals surface area contributed by atoms with Gasteiger partial charge in [0.15, 0.2) is 0 Å². The first-order chi connectivity index (χ1) is 17.8. The molecular weight excluding hydrogens is 486 g/mol. The largest absolute Gasteiger partial charge is 0.352 e. The number of amides is 3. The normalized spacial score (nSPS) is 14.1. The number of anilines is 1. The van der Waals surface area contributed by atoms with E-state index >= 15 is 0 Å². The minimum Gasteiger partial charge on any atom is -0.352 e. The molecule has 194 valence electrons. The Labute approximate surface area is 223 Å². The number of hydrogen-bond donors (Lipinski definition) is 1. The number of nitrogens with zero attached hydrogens (tertiary/aromatic N) is 2. The molecule has 7 heteroatoms. The molecule has 0 aliphatic carbocycles. The molecular formula is C30H34ClN3O3. The maximum absolute atomic E-state index is 13.6. The lowest BCUT2D eigenvalue weighted by Gasteiger charge is -2.31. The molecule has 0 bridgehead atoms. The lowest BCUT2D eigenvalue weighted by atomic mass is 10.1. The molecule has 3 aromatic carbocycles. The first kappa shape index (κ1) is 26.7. The van der Waals surface area contributed by atoms with Crippen molar-refractivity contribution in [3.05, 3.63) is 76.8 Å². The second-order valence-electron chi connectivity index (χ2n) is 9.63. The van der Waals surface area contributed by atoms with Gasteiger partial charge in [-0.05, 0) is 61.4 Å². The second kappa shape index (κ2) is 11.8. The second-order valence-corrected chi connectivity index (χ2v) is 10.1. The summed E-state index contributed by atoms with van der Waals surface area (Å²) < 4.78 is 0. The molecule has 2 atom stereocenters. The molecule has 1 heterocycles. The lowest BCUT2D eigenvalue weighted by molar-refractivity contribution is -0.141. The van der Waals surface area contributed by atoms with Crippen molar-refractivity contribution >= 4 is 45.8 Å². The predicted molar refractivity (Wildman–Crippen MR) is 149 cm³/mol. The van der Waals surface area contributed by atoms with Gasteiger partial charge in [0, 0.05) is 41.5 Å². The summed E-state index contributed by atoms with van der Waals surface area (Å²) >= 11 is 6.05. The van der Waals surface area contributed by atoms with Gasteiger partial charge in [-0.1, -0.05) is 61.8 Å². The van der Waals surface area contributed by atoms with E-state index in [0.717, 1.165) is 28.4 Å². The van der Waals surface area contributed by atoms with Crippen molar-refractivity contribution in [2.24, 2.45) is 0 Å². The van der Waals surface area contributed by atoms with Gasteiger partial charge in [-0.15, -0.1) is 0 Å². The van der Waals surface area contributed by atoms with Crippen LogP contribution in [0.3, 0.4) is 0 Å². The van der Waals surface area contributed by atoms with Crippen LogP contribution in [-0.4, -0.2) is 41.2 Å². The van der Waals surface area contributed by atoms with Gasteiger partial charge >= 0.3 is 0 Å². The zero-order valence-corrected chi connectivity index (χ0v) is 22.4.